The van der Waals surface area contributed by atoms with Crippen LogP contribution in [0.1, 0.15) is 18.4 Å². The quantitative estimate of drug-likeness (QED) is 0.852. The van der Waals surface area contributed by atoms with Gasteiger partial charge in [-0.2, -0.15) is 5.10 Å². The molecule has 2 aromatic rings. The zero-order valence-electron chi connectivity index (χ0n) is 11.8. The number of likely N-dealkylation sites (tertiary alicyclic amines) is 1. The summed E-state index contributed by atoms with van der Waals surface area (Å²) in [5, 5.41) is 4.67. The average Bonchev–Trinajstić information content (AvgIpc) is 3.11. The highest BCUT2D eigenvalue weighted by Gasteiger charge is 2.25. The molecule has 0 unspecified atom stereocenters. The zero-order valence-corrected chi connectivity index (χ0v) is 12.5. The maximum atomic E-state index is 13.8. The first-order valence-corrected chi connectivity index (χ1v) is 7.61. The van der Waals surface area contributed by atoms with Gasteiger partial charge in [-0.1, -0.05) is 17.7 Å². The third kappa shape index (κ3) is 3.41. The van der Waals surface area contributed by atoms with Gasteiger partial charge in [-0.15, -0.1) is 0 Å². The molecule has 112 valence electrons. The van der Waals surface area contributed by atoms with Gasteiger partial charge in [0.1, 0.15) is 18.5 Å². The molecule has 1 saturated heterocycles. The maximum Gasteiger partial charge on any atom is 0.137 e. The minimum atomic E-state index is -0.213. The lowest BCUT2D eigenvalue weighted by molar-refractivity contribution is 0.229. The van der Waals surface area contributed by atoms with E-state index < -0.39 is 0 Å². The monoisotopic (exact) mass is 308 g/mol. The Labute approximate surface area is 128 Å². The van der Waals surface area contributed by atoms with Crippen LogP contribution in [-0.2, 0) is 13.0 Å². The maximum absolute atomic E-state index is 13.8. The Bertz CT molecular complexity index is 567. The van der Waals surface area contributed by atoms with E-state index in [1.54, 1.807) is 24.8 Å². The topological polar surface area (TPSA) is 34.0 Å². The predicted molar refractivity (Wildman–Crippen MR) is 79.7 cm³/mol. The molecule has 1 aromatic heterocycles. The molecule has 0 saturated carbocycles. The fourth-order valence-corrected chi connectivity index (χ4v) is 3.22. The second kappa shape index (κ2) is 6.54. The molecule has 4 nitrogen and oxygen atoms in total. The number of halogens is 2. The van der Waals surface area contributed by atoms with Crippen LogP contribution in [0.15, 0.2) is 30.9 Å². The molecule has 0 bridgehead atoms. The van der Waals surface area contributed by atoms with Gasteiger partial charge in [0.25, 0.3) is 0 Å². The largest absolute Gasteiger partial charge is 0.298 e. The van der Waals surface area contributed by atoms with Gasteiger partial charge in [0.2, 0.25) is 0 Å². The highest BCUT2D eigenvalue weighted by molar-refractivity contribution is 6.31. The zero-order chi connectivity index (χ0) is 14.7. The fourth-order valence-electron chi connectivity index (χ4n) is 2.97. The molecule has 1 fully saturated rings. The van der Waals surface area contributed by atoms with E-state index in [1.807, 2.05) is 4.68 Å². The van der Waals surface area contributed by atoms with E-state index >= 15 is 0 Å². The van der Waals surface area contributed by atoms with Crippen molar-refractivity contribution in [3.63, 3.8) is 0 Å². The third-order valence-electron chi connectivity index (χ3n) is 4.07. The normalized spacial score (nSPS) is 19.2. The highest BCUT2D eigenvalue weighted by Crippen LogP contribution is 2.23. The van der Waals surface area contributed by atoms with Crippen LogP contribution in [0.5, 0.6) is 0 Å². The van der Waals surface area contributed by atoms with Crippen molar-refractivity contribution in [2.75, 3.05) is 13.1 Å². The van der Waals surface area contributed by atoms with E-state index in [4.69, 9.17) is 11.6 Å². The molecule has 0 spiro atoms. The van der Waals surface area contributed by atoms with Crippen molar-refractivity contribution in [1.82, 2.24) is 19.7 Å². The molecular formula is C15H18ClFN4. The number of aromatic nitrogens is 3. The average molecular weight is 309 g/mol. The van der Waals surface area contributed by atoms with Crippen LogP contribution in [0.3, 0.4) is 0 Å². The van der Waals surface area contributed by atoms with E-state index in [1.165, 1.54) is 12.5 Å². The molecule has 1 aliphatic rings. The summed E-state index contributed by atoms with van der Waals surface area (Å²) < 4.78 is 15.7. The summed E-state index contributed by atoms with van der Waals surface area (Å²) in [7, 11) is 0. The molecule has 0 radical (unpaired) electrons. The first-order chi connectivity index (χ1) is 10.2. The first-order valence-electron chi connectivity index (χ1n) is 7.23. The lowest BCUT2D eigenvalue weighted by Gasteiger charge is -2.24. The molecule has 21 heavy (non-hydrogen) atoms. The van der Waals surface area contributed by atoms with Gasteiger partial charge in [0, 0.05) is 23.2 Å². The molecule has 6 heteroatoms. The van der Waals surface area contributed by atoms with Crippen molar-refractivity contribution in [3.8, 4) is 0 Å². The summed E-state index contributed by atoms with van der Waals surface area (Å²) in [5.74, 6) is -0.213. The lowest BCUT2D eigenvalue weighted by Crippen LogP contribution is -2.34. The molecular weight excluding hydrogens is 291 g/mol. The molecule has 1 atom stereocenters. The highest BCUT2D eigenvalue weighted by atomic mass is 35.5. The van der Waals surface area contributed by atoms with Gasteiger partial charge >= 0.3 is 0 Å². The fraction of sp³-hybridized carbons (Fsp3) is 0.467. The Kier molecular flexibility index (Phi) is 4.51. The van der Waals surface area contributed by atoms with Crippen LogP contribution in [0.4, 0.5) is 4.39 Å². The van der Waals surface area contributed by atoms with E-state index in [2.05, 4.69) is 15.0 Å². The number of rotatable bonds is 5. The van der Waals surface area contributed by atoms with Gasteiger partial charge in [-0.25, -0.2) is 9.37 Å². The standard InChI is InChI=1S/C15H18ClFN4/c16-14-4-1-5-15(17)13(14)6-8-20-7-2-3-12(20)9-21-11-18-10-19-21/h1,4-5,10-12H,2-3,6-9H2/t12-/m1/s1. The molecule has 3 rings (SSSR count). The Morgan fingerprint density at radius 3 is 3.05 bits per heavy atom. The van der Waals surface area contributed by atoms with E-state index in [0.29, 0.717) is 23.0 Å². The molecule has 0 N–H and O–H groups in total. The van der Waals surface area contributed by atoms with Crippen molar-refractivity contribution in [2.45, 2.75) is 31.8 Å². The number of hydrogen-bond donors (Lipinski definition) is 0. The summed E-state index contributed by atoms with van der Waals surface area (Å²) in [6, 6.07) is 5.30. The SMILES string of the molecule is Fc1cccc(Cl)c1CCN1CCC[C@@H]1Cn1cncn1. The summed E-state index contributed by atoms with van der Waals surface area (Å²) in [5.41, 5.74) is 0.616. The molecule has 0 aliphatic carbocycles. The lowest BCUT2D eigenvalue weighted by atomic mass is 10.1. The Morgan fingerprint density at radius 1 is 1.38 bits per heavy atom. The second-order valence-corrected chi connectivity index (χ2v) is 5.81. The molecule has 1 aromatic carbocycles. The van der Waals surface area contributed by atoms with Gasteiger partial charge in [0.05, 0.1) is 6.54 Å². The predicted octanol–water partition coefficient (Wildman–Crippen LogP) is 2.78. The Balaban J connectivity index is 1.61. The van der Waals surface area contributed by atoms with Crippen LogP contribution >= 0.6 is 11.6 Å². The van der Waals surface area contributed by atoms with E-state index in [0.717, 1.165) is 26.1 Å². The smallest absolute Gasteiger partial charge is 0.137 e. The Hall–Kier alpha value is -1.46. The van der Waals surface area contributed by atoms with Crippen LogP contribution in [0.25, 0.3) is 0 Å². The Morgan fingerprint density at radius 2 is 2.29 bits per heavy atom. The van der Waals surface area contributed by atoms with Crippen molar-refractivity contribution >= 4 is 11.6 Å². The van der Waals surface area contributed by atoms with E-state index in [9.17, 15) is 4.39 Å². The molecule has 0 amide bonds. The number of nitrogens with zero attached hydrogens (tertiary/aromatic N) is 4. The summed E-state index contributed by atoms with van der Waals surface area (Å²) in [6.45, 7) is 2.70. The molecule has 2 heterocycles. The summed E-state index contributed by atoms with van der Waals surface area (Å²) >= 11 is 6.09. The summed E-state index contributed by atoms with van der Waals surface area (Å²) in [4.78, 5) is 6.37. The van der Waals surface area contributed by atoms with E-state index in [-0.39, 0.29) is 5.82 Å². The van der Waals surface area contributed by atoms with Gasteiger partial charge in [-0.3, -0.25) is 9.58 Å². The molecule has 1 aliphatic heterocycles. The third-order valence-corrected chi connectivity index (χ3v) is 4.43. The van der Waals surface area contributed by atoms with Gasteiger partial charge in [0.15, 0.2) is 0 Å². The van der Waals surface area contributed by atoms with Crippen molar-refractivity contribution in [1.29, 1.82) is 0 Å². The van der Waals surface area contributed by atoms with Crippen LogP contribution in [0.2, 0.25) is 5.02 Å². The van der Waals surface area contributed by atoms with Crippen molar-refractivity contribution in [2.24, 2.45) is 0 Å². The van der Waals surface area contributed by atoms with Crippen molar-refractivity contribution in [3.05, 3.63) is 47.3 Å². The van der Waals surface area contributed by atoms with Crippen LogP contribution < -0.4 is 0 Å². The van der Waals surface area contributed by atoms with Crippen LogP contribution in [0, 0.1) is 5.82 Å². The first kappa shape index (κ1) is 14.5. The second-order valence-electron chi connectivity index (χ2n) is 5.40. The number of hydrogen-bond acceptors (Lipinski definition) is 3. The van der Waals surface area contributed by atoms with Gasteiger partial charge in [-0.05, 0) is 37.9 Å². The van der Waals surface area contributed by atoms with Crippen LogP contribution in [-0.4, -0.2) is 38.8 Å². The minimum Gasteiger partial charge on any atom is -0.298 e. The van der Waals surface area contributed by atoms with Gasteiger partial charge < -0.3 is 0 Å². The summed E-state index contributed by atoms with van der Waals surface area (Å²) in [6.07, 6.45) is 6.25. The minimum absolute atomic E-state index is 0.213. The number of benzene rings is 1. The van der Waals surface area contributed by atoms with Crippen molar-refractivity contribution < 1.29 is 4.39 Å².